The molecule has 0 aliphatic heterocycles. The lowest BCUT2D eigenvalue weighted by Crippen LogP contribution is -2.54. The standard InChI is InChI=1S/C16H25Cl6NO4/c1-8(15(17,18)19)6-10(12(25)14(3,4)13(26)27-5)23-11(24)7-9(2)16(20,21)22/h8-10,12,25H,6-7H2,1-5H3,(H,23,24). The van der Waals surface area contributed by atoms with Gasteiger partial charge < -0.3 is 15.2 Å². The fourth-order valence-electron chi connectivity index (χ4n) is 2.33. The largest absolute Gasteiger partial charge is 0.469 e. The molecule has 0 fully saturated rings. The lowest BCUT2D eigenvalue weighted by Gasteiger charge is -2.36. The zero-order valence-electron chi connectivity index (χ0n) is 15.7. The van der Waals surface area contributed by atoms with Crippen LogP contribution < -0.4 is 5.32 Å². The summed E-state index contributed by atoms with van der Waals surface area (Å²) in [5.74, 6) is -2.25. The Bertz CT molecular complexity index is 518. The highest BCUT2D eigenvalue weighted by molar-refractivity contribution is 6.68. The van der Waals surface area contributed by atoms with Gasteiger partial charge >= 0.3 is 5.97 Å². The van der Waals surface area contributed by atoms with E-state index in [0.717, 1.165) is 0 Å². The van der Waals surface area contributed by atoms with Crippen LogP contribution in [-0.4, -0.2) is 43.8 Å². The Kier molecular flexibility index (Phi) is 10.9. The van der Waals surface area contributed by atoms with Gasteiger partial charge in [0.15, 0.2) is 7.59 Å². The fraction of sp³-hybridized carbons (Fsp3) is 0.875. The van der Waals surface area contributed by atoms with Gasteiger partial charge in [-0.3, -0.25) is 9.59 Å². The molecular weight excluding hydrogens is 483 g/mol. The number of aliphatic hydroxyl groups excluding tert-OH is 1. The number of halogens is 6. The Hall–Kier alpha value is 0.640. The summed E-state index contributed by atoms with van der Waals surface area (Å²) < 4.78 is 1.49. The number of aliphatic hydroxyl groups is 1. The molecule has 160 valence electrons. The Morgan fingerprint density at radius 3 is 1.81 bits per heavy atom. The normalized spacial score (nSPS) is 17.6. The van der Waals surface area contributed by atoms with Crippen molar-refractivity contribution < 1.29 is 19.4 Å². The fourth-order valence-corrected chi connectivity index (χ4v) is 2.83. The van der Waals surface area contributed by atoms with Crippen molar-refractivity contribution in [1.29, 1.82) is 0 Å². The molecule has 0 heterocycles. The van der Waals surface area contributed by atoms with Crippen LogP contribution in [0.3, 0.4) is 0 Å². The molecule has 2 N–H and O–H groups in total. The molecule has 5 nitrogen and oxygen atoms in total. The molecule has 27 heavy (non-hydrogen) atoms. The minimum Gasteiger partial charge on any atom is -0.469 e. The predicted octanol–water partition coefficient (Wildman–Crippen LogP) is 4.82. The van der Waals surface area contributed by atoms with Gasteiger partial charge in [0.25, 0.3) is 0 Å². The average Bonchev–Trinajstić information content (AvgIpc) is 2.50. The van der Waals surface area contributed by atoms with Gasteiger partial charge in [-0.25, -0.2) is 0 Å². The van der Waals surface area contributed by atoms with E-state index < -0.39 is 48.9 Å². The second-order valence-electron chi connectivity index (χ2n) is 7.16. The van der Waals surface area contributed by atoms with Crippen LogP contribution in [0.25, 0.3) is 0 Å². The molecule has 0 saturated carbocycles. The number of amides is 1. The highest BCUT2D eigenvalue weighted by atomic mass is 35.6. The zero-order valence-corrected chi connectivity index (χ0v) is 20.2. The summed E-state index contributed by atoms with van der Waals surface area (Å²) in [5, 5.41) is 13.4. The van der Waals surface area contributed by atoms with E-state index in [1.165, 1.54) is 21.0 Å². The lowest BCUT2D eigenvalue weighted by atomic mass is 9.80. The Morgan fingerprint density at radius 1 is 1.00 bits per heavy atom. The van der Waals surface area contributed by atoms with E-state index in [9.17, 15) is 14.7 Å². The maximum Gasteiger partial charge on any atom is 0.313 e. The third-order valence-corrected chi connectivity index (χ3v) is 6.63. The van der Waals surface area contributed by atoms with Crippen molar-refractivity contribution in [2.24, 2.45) is 17.3 Å². The first-order chi connectivity index (χ1) is 11.9. The van der Waals surface area contributed by atoms with Gasteiger partial charge in [0, 0.05) is 18.3 Å². The van der Waals surface area contributed by atoms with Crippen molar-refractivity contribution in [2.75, 3.05) is 7.11 Å². The quantitative estimate of drug-likeness (QED) is 0.364. The van der Waals surface area contributed by atoms with Crippen molar-refractivity contribution >= 4 is 81.5 Å². The number of hydrogen-bond acceptors (Lipinski definition) is 4. The third-order valence-electron chi connectivity index (χ3n) is 4.40. The van der Waals surface area contributed by atoms with E-state index in [1.807, 2.05) is 0 Å². The van der Waals surface area contributed by atoms with Gasteiger partial charge in [0.1, 0.15) is 0 Å². The Labute approximate surface area is 190 Å². The van der Waals surface area contributed by atoms with E-state index in [0.29, 0.717) is 0 Å². The van der Waals surface area contributed by atoms with Gasteiger partial charge in [0.2, 0.25) is 5.91 Å². The van der Waals surface area contributed by atoms with E-state index >= 15 is 0 Å². The summed E-state index contributed by atoms with van der Waals surface area (Å²) in [4.78, 5) is 24.4. The number of methoxy groups -OCH3 is 1. The zero-order chi connectivity index (χ0) is 21.8. The maximum absolute atomic E-state index is 12.4. The smallest absolute Gasteiger partial charge is 0.313 e. The van der Waals surface area contributed by atoms with Crippen LogP contribution in [0.2, 0.25) is 0 Å². The van der Waals surface area contributed by atoms with E-state index in [2.05, 4.69) is 5.32 Å². The number of alkyl halides is 6. The summed E-state index contributed by atoms with van der Waals surface area (Å²) in [7, 11) is 1.21. The van der Waals surface area contributed by atoms with Crippen molar-refractivity contribution in [3.8, 4) is 0 Å². The Balaban J connectivity index is 5.48. The van der Waals surface area contributed by atoms with Crippen LogP contribution in [0.1, 0.15) is 40.5 Å². The summed E-state index contributed by atoms with van der Waals surface area (Å²) in [6.45, 7) is 6.23. The molecule has 0 bridgehead atoms. The molecule has 4 unspecified atom stereocenters. The van der Waals surface area contributed by atoms with Crippen LogP contribution >= 0.6 is 69.6 Å². The highest BCUT2D eigenvalue weighted by Crippen LogP contribution is 2.39. The number of carbonyl (C=O) groups is 2. The minimum absolute atomic E-state index is 0.0893. The number of hydrogen-bond donors (Lipinski definition) is 2. The monoisotopic (exact) mass is 505 g/mol. The number of nitrogens with one attached hydrogen (secondary N) is 1. The van der Waals surface area contributed by atoms with Crippen LogP contribution in [0.15, 0.2) is 0 Å². The van der Waals surface area contributed by atoms with E-state index in [4.69, 9.17) is 74.3 Å². The van der Waals surface area contributed by atoms with Gasteiger partial charge in [-0.05, 0) is 20.3 Å². The SMILES string of the molecule is COC(=O)C(C)(C)C(O)C(CC(C)C(Cl)(Cl)Cl)NC(=O)CC(C)C(Cl)(Cl)Cl. The molecule has 11 heteroatoms. The molecule has 0 aromatic rings. The van der Waals surface area contributed by atoms with Crippen molar-refractivity contribution in [1.82, 2.24) is 5.32 Å². The molecule has 0 rings (SSSR count). The molecule has 0 saturated heterocycles. The van der Waals surface area contributed by atoms with E-state index in [1.54, 1.807) is 13.8 Å². The molecular formula is C16H25Cl6NO4. The summed E-state index contributed by atoms with van der Waals surface area (Å²) in [6, 6.07) is -0.903. The molecule has 0 radical (unpaired) electrons. The van der Waals surface area contributed by atoms with Gasteiger partial charge in [-0.2, -0.15) is 0 Å². The molecule has 0 spiro atoms. The van der Waals surface area contributed by atoms with Crippen LogP contribution in [-0.2, 0) is 14.3 Å². The van der Waals surface area contributed by atoms with Crippen molar-refractivity contribution in [3.05, 3.63) is 0 Å². The Morgan fingerprint density at radius 2 is 1.44 bits per heavy atom. The third kappa shape index (κ3) is 8.90. The molecule has 0 aromatic carbocycles. The van der Waals surface area contributed by atoms with Gasteiger partial charge in [-0.1, -0.05) is 83.5 Å². The summed E-state index contributed by atoms with van der Waals surface area (Å²) >= 11 is 35.1. The van der Waals surface area contributed by atoms with Crippen molar-refractivity contribution in [2.45, 2.75) is 60.3 Å². The van der Waals surface area contributed by atoms with Gasteiger partial charge in [-0.15, -0.1) is 0 Å². The molecule has 0 aromatic heterocycles. The molecule has 1 amide bonds. The van der Waals surface area contributed by atoms with Crippen LogP contribution in [0.4, 0.5) is 0 Å². The first kappa shape index (κ1) is 27.6. The van der Waals surface area contributed by atoms with Crippen molar-refractivity contribution in [3.63, 3.8) is 0 Å². The highest BCUT2D eigenvalue weighted by Gasteiger charge is 2.44. The average molecular weight is 508 g/mol. The minimum atomic E-state index is -1.62. The number of carbonyl (C=O) groups excluding carboxylic acids is 2. The lowest BCUT2D eigenvalue weighted by molar-refractivity contribution is -0.159. The first-order valence-electron chi connectivity index (χ1n) is 8.13. The summed E-state index contributed by atoms with van der Waals surface area (Å²) in [6.07, 6.45) is -1.33. The second-order valence-corrected chi connectivity index (χ2v) is 11.9. The van der Waals surface area contributed by atoms with E-state index in [-0.39, 0.29) is 12.8 Å². The van der Waals surface area contributed by atoms with Gasteiger partial charge in [0.05, 0.1) is 24.7 Å². The number of rotatable bonds is 8. The van der Waals surface area contributed by atoms with Crippen LogP contribution in [0.5, 0.6) is 0 Å². The molecule has 0 aliphatic carbocycles. The molecule has 0 aliphatic rings. The first-order valence-corrected chi connectivity index (χ1v) is 10.4. The maximum atomic E-state index is 12.4. The second kappa shape index (κ2) is 10.6. The summed E-state index contributed by atoms with van der Waals surface area (Å²) in [5.41, 5.74) is -1.32. The number of ether oxygens (including phenoxy) is 1. The number of esters is 1. The predicted molar refractivity (Wildman–Crippen MR) is 112 cm³/mol. The molecule has 4 atom stereocenters. The topological polar surface area (TPSA) is 75.6 Å². The van der Waals surface area contributed by atoms with Crippen LogP contribution in [0, 0.1) is 17.3 Å².